The number of hydrogen-bond donors (Lipinski definition) is 1. The van der Waals surface area contributed by atoms with Gasteiger partial charge >= 0.3 is 12.1 Å². The zero-order chi connectivity index (χ0) is 19.5. The van der Waals surface area contributed by atoms with E-state index in [9.17, 15) is 9.59 Å². The van der Waals surface area contributed by atoms with Gasteiger partial charge in [0.15, 0.2) is 0 Å². The highest BCUT2D eigenvalue weighted by molar-refractivity contribution is 7.98. The maximum atomic E-state index is 12.2. The molecule has 0 rings (SSSR count). The predicted molar refractivity (Wildman–Crippen MR) is 110 cm³/mol. The third kappa shape index (κ3) is 15.1. The van der Waals surface area contributed by atoms with Crippen molar-refractivity contribution < 1.29 is 19.1 Å². The molecule has 0 saturated heterocycles. The monoisotopic (exact) mass is 387 g/mol. The molecule has 0 bridgehead atoms. The second kappa shape index (κ2) is 18.6. The Morgan fingerprint density at radius 1 is 1.04 bits per heavy atom. The van der Waals surface area contributed by atoms with Crippen LogP contribution in [0.25, 0.3) is 0 Å². The maximum absolute atomic E-state index is 12.2. The Kier molecular flexibility index (Phi) is 17.8. The number of alkyl carbamates (subject to hydrolysis) is 1. The molecule has 0 fully saturated rings. The van der Waals surface area contributed by atoms with Gasteiger partial charge in [0.05, 0.1) is 6.61 Å². The van der Waals surface area contributed by atoms with Crippen molar-refractivity contribution in [3.05, 3.63) is 12.7 Å². The summed E-state index contributed by atoms with van der Waals surface area (Å²) < 4.78 is 10.2. The van der Waals surface area contributed by atoms with Crippen molar-refractivity contribution in [2.24, 2.45) is 0 Å². The van der Waals surface area contributed by atoms with Crippen LogP contribution in [-0.4, -0.2) is 43.3 Å². The van der Waals surface area contributed by atoms with Crippen LogP contribution in [0.4, 0.5) is 4.79 Å². The van der Waals surface area contributed by atoms with Crippen molar-refractivity contribution in [2.75, 3.05) is 25.2 Å². The zero-order valence-electron chi connectivity index (χ0n) is 16.6. The number of esters is 1. The molecule has 1 unspecified atom stereocenters. The van der Waals surface area contributed by atoms with Crippen LogP contribution in [0.3, 0.4) is 0 Å². The lowest BCUT2D eigenvalue weighted by Crippen LogP contribution is -2.42. The largest absolute Gasteiger partial charge is 0.464 e. The Morgan fingerprint density at radius 3 is 2.23 bits per heavy atom. The molecule has 0 aromatic rings. The molecular weight excluding hydrogens is 350 g/mol. The molecule has 0 heterocycles. The summed E-state index contributed by atoms with van der Waals surface area (Å²) in [4.78, 5) is 23.8. The summed E-state index contributed by atoms with van der Waals surface area (Å²) in [5.74, 6) is 0.383. The van der Waals surface area contributed by atoms with Crippen molar-refractivity contribution in [1.82, 2.24) is 5.32 Å². The fourth-order valence-corrected chi connectivity index (χ4v) is 2.96. The highest BCUT2D eigenvalue weighted by Crippen LogP contribution is 2.10. The highest BCUT2D eigenvalue weighted by Gasteiger charge is 2.22. The van der Waals surface area contributed by atoms with Crippen LogP contribution in [-0.2, 0) is 14.3 Å². The van der Waals surface area contributed by atoms with Gasteiger partial charge in [0.25, 0.3) is 0 Å². The first-order valence-corrected chi connectivity index (χ1v) is 11.2. The number of hydrogen-bond acceptors (Lipinski definition) is 5. The quantitative estimate of drug-likeness (QED) is 0.214. The van der Waals surface area contributed by atoms with Gasteiger partial charge in [0.2, 0.25) is 0 Å². The van der Waals surface area contributed by atoms with E-state index in [0.29, 0.717) is 13.0 Å². The Balaban J connectivity index is 3.87. The van der Waals surface area contributed by atoms with Crippen LogP contribution in [0.1, 0.15) is 71.1 Å². The third-order valence-corrected chi connectivity index (χ3v) is 4.66. The molecule has 0 aromatic carbocycles. The highest BCUT2D eigenvalue weighted by atomic mass is 32.2. The number of thioether (sulfide) groups is 1. The van der Waals surface area contributed by atoms with E-state index in [1.807, 2.05) is 6.26 Å². The third-order valence-electron chi connectivity index (χ3n) is 4.01. The molecule has 0 aliphatic heterocycles. The molecule has 1 atom stereocenters. The summed E-state index contributed by atoms with van der Waals surface area (Å²) in [6.07, 6.45) is 14.3. The molecular formula is C20H37NO4S. The standard InChI is InChI=1S/C20H37NO4S/c1-4-6-7-8-9-10-11-12-13-16-24-19(22)18(14-17-26-3)21-20(23)25-15-5-2/h5,18H,2,4,6-17H2,1,3H3,(H,21,23). The van der Waals surface area contributed by atoms with E-state index in [0.717, 1.165) is 18.6 Å². The van der Waals surface area contributed by atoms with Crippen LogP contribution in [0.2, 0.25) is 0 Å². The van der Waals surface area contributed by atoms with Crippen LogP contribution >= 0.6 is 11.8 Å². The fourth-order valence-electron chi connectivity index (χ4n) is 2.49. The Labute approximate surface area is 163 Å². The number of carbonyl (C=O) groups is 2. The van der Waals surface area contributed by atoms with Gasteiger partial charge in [-0.3, -0.25) is 0 Å². The van der Waals surface area contributed by atoms with Crippen molar-refractivity contribution >= 4 is 23.8 Å². The van der Waals surface area contributed by atoms with Gasteiger partial charge in [-0.1, -0.05) is 70.9 Å². The number of unbranched alkanes of at least 4 members (excludes halogenated alkanes) is 8. The van der Waals surface area contributed by atoms with E-state index in [1.165, 1.54) is 51.0 Å². The average molecular weight is 388 g/mol. The van der Waals surface area contributed by atoms with Crippen molar-refractivity contribution in [2.45, 2.75) is 77.2 Å². The van der Waals surface area contributed by atoms with Gasteiger partial charge in [-0.05, 0) is 24.9 Å². The fraction of sp³-hybridized carbons (Fsp3) is 0.800. The molecule has 0 saturated carbocycles. The predicted octanol–water partition coefficient (Wildman–Crippen LogP) is 5.09. The summed E-state index contributed by atoms with van der Waals surface area (Å²) in [6.45, 7) is 6.25. The molecule has 26 heavy (non-hydrogen) atoms. The second-order valence-corrected chi connectivity index (χ2v) is 7.35. The van der Waals surface area contributed by atoms with E-state index < -0.39 is 12.1 Å². The lowest BCUT2D eigenvalue weighted by Gasteiger charge is -2.17. The number of amides is 1. The van der Waals surface area contributed by atoms with Gasteiger partial charge in [0.1, 0.15) is 12.6 Å². The minimum atomic E-state index is -0.654. The molecule has 0 aliphatic rings. The Bertz CT molecular complexity index is 377. The first kappa shape index (κ1) is 24.8. The molecule has 0 spiro atoms. The van der Waals surface area contributed by atoms with Gasteiger partial charge < -0.3 is 14.8 Å². The smallest absolute Gasteiger partial charge is 0.408 e. The lowest BCUT2D eigenvalue weighted by molar-refractivity contribution is -0.146. The van der Waals surface area contributed by atoms with Crippen LogP contribution in [0.5, 0.6) is 0 Å². The summed E-state index contributed by atoms with van der Waals surface area (Å²) >= 11 is 1.62. The van der Waals surface area contributed by atoms with Crippen LogP contribution < -0.4 is 5.32 Å². The van der Waals surface area contributed by atoms with Crippen LogP contribution in [0.15, 0.2) is 12.7 Å². The molecule has 6 heteroatoms. The first-order valence-electron chi connectivity index (χ1n) is 9.85. The molecule has 1 amide bonds. The van der Waals surface area contributed by atoms with Gasteiger partial charge in [-0.25, -0.2) is 9.59 Å². The van der Waals surface area contributed by atoms with Crippen LogP contribution in [0, 0.1) is 0 Å². The minimum Gasteiger partial charge on any atom is -0.464 e. The number of rotatable bonds is 17. The van der Waals surface area contributed by atoms with Gasteiger partial charge in [-0.15, -0.1) is 0 Å². The summed E-state index contributed by atoms with van der Waals surface area (Å²) in [5, 5.41) is 2.58. The Morgan fingerprint density at radius 2 is 1.65 bits per heavy atom. The molecule has 0 aliphatic carbocycles. The summed E-state index contributed by atoms with van der Waals surface area (Å²) in [6, 6.07) is -0.654. The number of carbonyl (C=O) groups excluding carboxylic acids is 2. The molecule has 152 valence electrons. The topological polar surface area (TPSA) is 64.6 Å². The molecule has 1 N–H and O–H groups in total. The molecule has 0 aromatic heterocycles. The number of nitrogens with one attached hydrogen (secondary N) is 1. The van der Waals surface area contributed by atoms with E-state index in [-0.39, 0.29) is 12.6 Å². The summed E-state index contributed by atoms with van der Waals surface area (Å²) in [7, 11) is 0. The molecule has 5 nitrogen and oxygen atoms in total. The SMILES string of the molecule is C=CCOC(=O)NC(CCSC)C(=O)OCCCCCCCCCCC. The second-order valence-electron chi connectivity index (χ2n) is 6.36. The summed E-state index contributed by atoms with van der Waals surface area (Å²) in [5.41, 5.74) is 0. The van der Waals surface area contributed by atoms with E-state index >= 15 is 0 Å². The van der Waals surface area contributed by atoms with Gasteiger partial charge in [0, 0.05) is 0 Å². The average Bonchev–Trinajstić information content (AvgIpc) is 2.64. The normalized spacial score (nSPS) is 11.6. The van der Waals surface area contributed by atoms with E-state index in [1.54, 1.807) is 11.8 Å². The zero-order valence-corrected chi connectivity index (χ0v) is 17.4. The molecule has 0 radical (unpaired) electrons. The number of ether oxygens (including phenoxy) is 2. The lowest BCUT2D eigenvalue weighted by atomic mass is 10.1. The van der Waals surface area contributed by atoms with Crippen molar-refractivity contribution in [3.8, 4) is 0 Å². The maximum Gasteiger partial charge on any atom is 0.408 e. The van der Waals surface area contributed by atoms with Crippen molar-refractivity contribution in [3.63, 3.8) is 0 Å². The van der Waals surface area contributed by atoms with Crippen molar-refractivity contribution in [1.29, 1.82) is 0 Å². The minimum absolute atomic E-state index is 0.120. The first-order chi connectivity index (χ1) is 12.7. The van der Waals surface area contributed by atoms with E-state index in [2.05, 4.69) is 18.8 Å². The Hall–Kier alpha value is -1.17. The van der Waals surface area contributed by atoms with E-state index in [4.69, 9.17) is 9.47 Å². The van der Waals surface area contributed by atoms with Gasteiger partial charge in [-0.2, -0.15) is 11.8 Å².